The standard InChI is InChI=1S/C24H21Br2NO5/c1-14-8-18(9-15(2)23(14)30)32-24-19(25)10-16(11-20(24)26)12-21(28)27-13-22(29)31-17-6-4-3-5-7-17/h3-11,30H,12-13H2,1-2H3,(H,27,28). The highest BCUT2D eigenvalue weighted by Gasteiger charge is 2.15. The molecule has 1 amide bonds. The molecule has 32 heavy (non-hydrogen) atoms. The number of halogens is 2. The lowest BCUT2D eigenvalue weighted by molar-refractivity contribution is -0.135. The molecule has 8 heteroatoms. The number of para-hydroxylation sites is 1. The maximum Gasteiger partial charge on any atom is 0.330 e. The van der Waals surface area contributed by atoms with Crippen LogP contribution in [0.25, 0.3) is 0 Å². The highest BCUT2D eigenvalue weighted by molar-refractivity contribution is 9.11. The smallest absolute Gasteiger partial charge is 0.330 e. The third-order valence-corrected chi connectivity index (χ3v) is 5.69. The predicted octanol–water partition coefficient (Wildman–Crippen LogP) is 5.59. The van der Waals surface area contributed by atoms with Crippen molar-refractivity contribution in [3.63, 3.8) is 0 Å². The molecule has 0 aliphatic carbocycles. The quantitative estimate of drug-likeness (QED) is 0.289. The zero-order valence-electron chi connectivity index (χ0n) is 17.4. The van der Waals surface area contributed by atoms with Gasteiger partial charge in [-0.2, -0.15) is 0 Å². The highest BCUT2D eigenvalue weighted by atomic mass is 79.9. The number of aryl methyl sites for hydroxylation is 2. The summed E-state index contributed by atoms with van der Waals surface area (Å²) >= 11 is 6.97. The molecule has 0 heterocycles. The van der Waals surface area contributed by atoms with E-state index in [1.54, 1.807) is 62.4 Å². The summed E-state index contributed by atoms with van der Waals surface area (Å²) in [6, 6.07) is 15.7. The molecule has 0 aliphatic rings. The third-order valence-electron chi connectivity index (χ3n) is 4.51. The Morgan fingerprint density at radius 2 is 1.53 bits per heavy atom. The number of rotatable bonds is 7. The van der Waals surface area contributed by atoms with E-state index in [4.69, 9.17) is 9.47 Å². The molecule has 0 atom stereocenters. The van der Waals surface area contributed by atoms with E-state index in [1.165, 1.54) is 0 Å². The fourth-order valence-electron chi connectivity index (χ4n) is 2.98. The summed E-state index contributed by atoms with van der Waals surface area (Å²) in [4.78, 5) is 24.2. The van der Waals surface area contributed by atoms with Gasteiger partial charge in [0, 0.05) is 0 Å². The van der Waals surface area contributed by atoms with E-state index >= 15 is 0 Å². The molecule has 0 aromatic heterocycles. The molecular weight excluding hydrogens is 542 g/mol. The molecule has 0 fully saturated rings. The van der Waals surface area contributed by atoms with Crippen molar-refractivity contribution < 1.29 is 24.2 Å². The fourth-order valence-corrected chi connectivity index (χ4v) is 4.42. The van der Waals surface area contributed by atoms with Gasteiger partial charge in [0.2, 0.25) is 5.91 Å². The van der Waals surface area contributed by atoms with Gasteiger partial charge in [0.25, 0.3) is 0 Å². The first kappa shape index (κ1) is 23.8. The normalized spacial score (nSPS) is 10.5. The van der Waals surface area contributed by atoms with Crippen LogP contribution in [0.2, 0.25) is 0 Å². The zero-order valence-corrected chi connectivity index (χ0v) is 20.6. The molecular formula is C24H21Br2NO5. The molecule has 0 radical (unpaired) electrons. The van der Waals surface area contributed by atoms with Crippen LogP contribution in [0, 0.1) is 13.8 Å². The van der Waals surface area contributed by atoms with Gasteiger partial charge in [-0.1, -0.05) is 18.2 Å². The van der Waals surface area contributed by atoms with Crippen LogP contribution < -0.4 is 14.8 Å². The lowest BCUT2D eigenvalue weighted by Crippen LogP contribution is -2.32. The zero-order chi connectivity index (χ0) is 23.3. The molecule has 0 unspecified atom stereocenters. The van der Waals surface area contributed by atoms with Crippen LogP contribution in [0.4, 0.5) is 0 Å². The van der Waals surface area contributed by atoms with E-state index in [0.29, 0.717) is 37.3 Å². The summed E-state index contributed by atoms with van der Waals surface area (Å²) in [7, 11) is 0. The Balaban J connectivity index is 1.60. The maximum absolute atomic E-state index is 12.3. The number of amides is 1. The second kappa shape index (κ2) is 10.7. The van der Waals surface area contributed by atoms with Crippen LogP contribution in [-0.2, 0) is 16.0 Å². The number of phenols is 1. The molecule has 0 spiro atoms. The van der Waals surface area contributed by atoms with Crippen molar-refractivity contribution >= 4 is 43.7 Å². The van der Waals surface area contributed by atoms with Gasteiger partial charge in [0.15, 0.2) is 5.75 Å². The number of esters is 1. The van der Waals surface area contributed by atoms with E-state index in [0.717, 1.165) is 5.56 Å². The first-order chi connectivity index (χ1) is 15.2. The van der Waals surface area contributed by atoms with Crippen LogP contribution in [0.3, 0.4) is 0 Å². The van der Waals surface area contributed by atoms with Gasteiger partial charge in [-0.05, 0) is 98.8 Å². The second-order valence-corrected chi connectivity index (χ2v) is 8.85. The van der Waals surface area contributed by atoms with Crippen LogP contribution >= 0.6 is 31.9 Å². The largest absolute Gasteiger partial charge is 0.507 e. The molecule has 2 N–H and O–H groups in total. The van der Waals surface area contributed by atoms with Crippen LogP contribution in [0.5, 0.6) is 23.0 Å². The predicted molar refractivity (Wildman–Crippen MR) is 128 cm³/mol. The summed E-state index contributed by atoms with van der Waals surface area (Å²) in [5.41, 5.74) is 2.15. The second-order valence-electron chi connectivity index (χ2n) is 7.14. The first-order valence-electron chi connectivity index (χ1n) is 9.71. The Bertz CT molecular complexity index is 1100. The SMILES string of the molecule is Cc1cc(Oc2c(Br)cc(CC(=O)NCC(=O)Oc3ccccc3)cc2Br)cc(C)c1O. The Morgan fingerprint density at radius 1 is 0.938 bits per heavy atom. The van der Waals surface area contributed by atoms with E-state index in [1.807, 2.05) is 6.07 Å². The summed E-state index contributed by atoms with van der Waals surface area (Å²) < 4.78 is 12.4. The number of benzene rings is 3. The minimum atomic E-state index is -0.546. The van der Waals surface area contributed by atoms with Gasteiger partial charge in [-0.3, -0.25) is 4.79 Å². The maximum atomic E-state index is 12.3. The van der Waals surface area contributed by atoms with E-state index in [2.05, 4.69) is 37.2 Å². The van der Waals surface area contributed by atoms with Crippen LogP contribution in [0.1, 0.15) is 16.7 Å². The molecule has 3 aromatic carbocycles. The monoisotopic (exact) mass is 561 g/mol. The minimum absolute atomic E-state index is 0.0769. The lowest BCUT2D eigenvalue weighted by atomic mass is 10.1. The van der Waals surface area contributed by atoms with Crippen molar-refractivity contribution in [3.8, 4) is 23.0 Å². The molecule has 0 saturated heterocycles. The lowest BCUT2D eigenvalue weighted by Gasteiger charge is -2.14. The molecule has 0 aliphatic heterocycles. The van der Waals surface area contributed by atoms with Crippen molar-refractivity contribution in [1.29, 1.82) is 0 Å². The molecule has 0 saturated carbocycles. The summed E-state index contributed by atoms with van der Waals surface area (Å²) in [5, 5.41) is 12.5. The van der Waals surface area contributed by atoms with Gasteiger partial charge in [0.05, 0.1) is 15.4 Å². The fraction of sp³-hybridized carbons (Fsp3) is 0.167. The molecule has 166 valence electrons. The van der Waals surface area contributed by atoms with E-state index in [9.17, 15) is 14.7 Å². The average molecular weight is 563 g/mol. The minimum Gasteiger partial charge on any atom is -0.507 e. The van der Waals surface area contributed by atoms with Crippen molar-refractivity contribution in [2.45, 2.75) is 20.3 Å². The highest BCUT2D eigenvalue weighted by Crippen LogP contribution is 2.39. The number of aromatic hydroxyl groups is 1. The topological polar surface area (TPSA) is 84.9 Å². The first-order valence-corrected chi connectivity index (χ1v) is 11.3. The molecule has 0 bridgehead atoms. The summed E-state index contributed by atoms with van der Waals surface area (Å²) in [6.45, 7) is 3.38. The van der Waals surface area contributed by atoms with Gasteiger partial charge < -0.3 is 19.9 Å². The van der Waals surface area contributed by atoms with Gasteiger partial charge in [0.1, 0.15) is 23.8 Å². The number of carbonyl (C=O) groups is 2. The Morgan fingerprint density at radius 3 is 2.12 bits per heavy atom. The number of ether oxygens (including phenoxy) is 2. The van der Waals surface area contributed by atoms with Crippen LogP contribution in [-0.4, -0.2) is 23.5 Å². The summed E-state index contributed by atoms with van der Waals surface area (Å²) in [6.07, 6.45) is 0.0769. The Labute approximate surface area is 202 Å². The Kier molecular flexibility index (Phi) is 7.93. The number of phenolic OH excluding ortho intramolecular Hbond substituents is 1. The van der Waals surface area contributed by atoms with Gasteiger partial charge in [-0.15, -0.1) is 0 Å². The van der Waals surface area contributed by atoms with Crippen LogP contribution in [0.15, 0.2) is 63.5 Å². The van der Waals surface area contributed by atoms with E-state index < -0.39 is 5.97 Å². The number of hydrogen-bond acceptors (Lipinski definition) is 5. The Hall–Kier alpha value is -2.84. The van der Waals surface area contributed by atoms with Crippen molar-refractivity contribution in [2.24, 2.45) is 0 Å². The van der Waals surface area contributed by atoms with E-state index in [-0.39, 0.29) is 24.6 Å². The molecule has 3 rings (SSSR count). The van der Waals surface area contributed by atoms with Crippen molar-refractivity contribution in [2.75, 3.05) is 6.54 Å². The van der Waals surface area contributed by atoms with Gasteiger partial charge in [-0.25, -0.2) is 4.79 Å². The van der Waals surface area contributed by atoms with Gasteiger partial charge >= 0.3 is 5.97 Å². The number of nitrogens with one attached hydrogen (secondary N) is 1. The number of carbonyl (C=O) groups excluding carboxylic acids is 2. The van der Waals surface area contributed by atoms with Crippen molar-refractivity contribution in [1.82, 2.24) is 5.32 Å². The average Bonchev–Trinajstić information content (AvgIpc) is 2.74. The molecule has 3 aromatic rings. The molecule has 6 nitrogen and oxygen atoms in total. The van der Waals surface area contributed by atoms with Crippen molar-refractivity contribution in [3.05, 3.63) is 80.2 Å². The summed E-state index contributed by atoms with van der Waals surface area (Å²) in [5.74, 6) is 0.938. The number of hydrogen-bond donors (Lipinski definition) is 2. The third kappa shape index (κ3) is 6.34.